The minimum absolute atomic E-state index is 0.151. The average molecular weight is 209 g/mol. The van der Waals surface area contributed by atoms with Gasteiger partial charge in [0.1, 0.15) is 0 Å². The van der Waals surface area contributed by atoms with E-state index in [-0.39, 0.29) is 11.0 Å². The molecule has 86 valence electrons. The first kappa shape index (κ1) is 12.2. The van der Waals surface area contributed by atoms with Gasteiger partial charge in [-0.1, -0.05) is 20.8 Å². The van der Waals surface area contributed by atoms with Gasteiger partial charge in [0.25, 0.3) is 0 Å². The van der Waals surface area contributed by atoms with Crippen LogP contribution in [0.15, 0.2) is 18.7 Å². The summed E-state index contributed by atoms with van der Waals surface area (Å²) in [5.41, 5.74) is 6.15. The lowest BCUT2D eigenvalue weighted by Crippen LogP contribution is -2.38. The van der Waals surface area contributed by atoms with Crippen molar-refractivity contribution in [2.75, 3.05) is 0 Å². The molecule has 1 unspecified atom stereocenters. The molecule has 2 N–H and O–H groups in total. The van der Waals surface area contributed by atoms with Crippen molar-refractivity contribution in [3.63, 3.8) is 0 Å². The summed E-state index contributed by atoms with van der Waals surface area (Å²) in [6.07, 6.45) is 6.67. The van der Waals surface area contributed by atoms with Gasteiger partial charge in [-0.3, -0.25) is 0 Å². The van der Waals surface area contributed by atoms with Gasteiger partial charge in [0, 0.05) is 24.0 Å². The molecule has 0 amide bonds. The van der Waals surface area contributed by atoms with Gasteiger partial charge in [-0.25, -0.2) is 4.98 Å². The molecule has 1 aromatic rings. The van der Waals surface area contributed by atoms with Gasteiger partial charge in [0.15, 0.2) is 0 Å². The van der Waals surface area contributed by atoms with Gasteiger partial charge in [0.05, 0.1) is 6.33 Å². The van der Waals surface area contributed by atoms with Crippen molar-refractivity contribution in [2.45, 2.75) is 52.6 Å². The topological polar surface area (TPSA) is 43.8 Å². The van der Waals surface area contributed by atoms with Crippen LogP contribution in [0, 0.1) is 5.41 Å². The van der Waals surface area contributed by atoms with Crippen LogP contribution >= 0.6 is 0 Å². The molecule has 0 aromatic carbocycles. The van der Waals surface area contributed by atoms with Crippen molar-refractivity contribution >= 4 is 0 Å². The quantitative estimate of drug-likeness (QED) is 0.831. The Hall–Kier alpha value is -0.830. The second-order valence-electron chi connectivity index (χ2n) is 6.08. The van der Waals surface area contributed by atoms with E-state index < -0.39 is 0 Å². The van der Waals surface area contributed by atoms with E-state index in [1.807, 2.05) is 18.7 Å². The molecule has 0 aliphatic carbocycles. The Morgan fingerprint density at radius 3 is 2.20 bits per heavy atom. The Morgan fingerprint density at radius 2 is 1.87 bits per heavy atom. The normalized spacial score (nSPS) is 15.3. The molecule has 1 rings (SSSR count). The van der Waals surface area contributed by atoms with Gasteiger partial charge in [0.2, 0.25) is 0 Å². The fourth-order valence-corrected chi connectivity index (χ4v) is 1.81. The van der Waals surface area contributed by atoms with Gasteiger partial charge < -0.3 is 10.3 Å². The summed E-state index contributed by atoms with van der Waals surface area (Å²) in [7, 11) is 0. The standard InChI is InChI=1S/C12H23N3/c1-11(2,3)10(8-12(4,5)13)15-7-6-14-9-15/h6-7,9-10H,8,13H2,1-5H3. The molecule has 0 saturated carbocycles. The highest BCUT2D eigenvalue weighted by Gasteiger charge is 2.30. The predicted molar refractivity (Wildman–Crippen MR) is 63.6 cm³/mol. The number of nitrogens with two attached hydrogens (primary N) is 1. The number of nitrogens with zero attached hydrogens (tertiary/aromatic N) is 2. The van der Waals surface area contributed by atoms with E-state index >= 15 is 0 Å². The monoisotopic (exact) mass is 209 g/mol. The summed E-state index contributed by atoms with van der Waals surface area (Å²) in [5, 5.41) is 0. The van der Waals surface area contributed by atoms with E-state index in [1.54, 1.807) is 0 Å². The minimum atomic E-state index is -0.151. The highest BCUT2D eigenvalue weighted by Crippen LogP contribution is 2.35. The SMILES string of the molecule is CC(C)(N)CC(n1ccnc1)C(C)(C)C. The third-order valence-corrected chi connectivity index (χ3v) is 2.60. The van der Waals surface area contributed by atoms with Crippen LogP contribution in [-0.2, 0) is 0 Å². The maximum Gasteiger partial charge on any atom is 0.0948 e. The predicted octanol–water partition coefficient (Wildman–Crippen LogP) is 2.60. The molecule has 0 bridgehead atoms. The van der Waals surface area contributed by atoms with Gasteiger partial charge in [-0.05, 0) is 25.7 Å². The van der Waals surface area contributed by atoms with Crippen molar-refractivity contribution in [2.24, 2.45) is 11.1 Å². The molecule has 1 aromatic heterocycles. The Morgan fingerprint density at radius 1 is 1.27 bits per heavy atom. The molecule has 3 heteroatoms. The first-order valence-electron chi connectivity index (χ1n) is 5.46. The maximum atomic E-state index is 6.11. The Kier molecular flexibility index (Phi) is 3.24. The lowest BCUT2D eigenvalue weighted by atomic mass is 9.80. The Labute approximate surface area is 92.7 Å². The zero-order valence-corrected chi connectivity index (χ0v) is 10.5. The summed E-state index contributed by atoms with van der Waals surface area (Å²) in [6, 6.07) is 0.389. The van der Waals surface area contributed by atoms with Crippen LogP contribution in [0.2, 0.25) is 0 Å². The summed E-state index contributed by atoms with van der Waals surface area (Å²) in [6.45, 7) is 10.9. The van der Waals surface area contributed by atoms with E-state index in [9.17, 15) is 0 Å². The summed E-state index contributed by atoms with van der Waals surface area (Å²) in [4.78, 5) is 4.11. The van der Waals surface area contributed by atoms with Crippen molar-refractivity contribution < 1.29 is 0 Å². The second-order valence-corrected chi connectivity index (χ2v) is 6.08. The highest BCUT2D eigenvalue weighted by atomic mass is 15.1. The van der Waals surface area contributed by atoms with E-state index in [4.69, 9.17) is 5.73 Å². The maximum absolute atomic E-state index is 6.11. The molecule has 0 radical (unpaired) electrons. The van der Waals surface area contributed by atoms with Crippen molar-refractivity contribution in [3.8, 4) is 0 Å². The molecule has 0 spiro atoms. The summed E-state index contributed by atoms with van der Waals surface area (Å²) >= 11 is 0. The van der Waals surface area contributed by atoms with E-state index in [2.05, 4.69) is 44.2 Å². The van der Waals surface area contributed by atoms with E-state index in [0.717, 1.165) is 6.42 Å². The van der Waals surface area contributed by atoms with E-state index in [1.165, 1.54) is 0 Å². The molecule has 3 nitrogen and oxygen atoms in total. The highest BCUT2D eigenvalue weighted by molar-refractivity contribution is 4.91. The third kappa shape index (κ3) is 3.67. The summed E-state index contributed by atoms with van der Waals surface area (Å²) < 4.78 is 2.16. The van der Waals surface area contributed by atoms with Crippen LogP contribution in [0.5, 0.6) is 0 Å². The molecular weight excluding hydrogens is 186 g/mol. The van der Waals surface area contributed by atoms with Crippen LogP contribution < -0.4 is 5.73 Å². The largest absolute Gasteiger partial charge is 0.334 e. The molecule has 1 heterocycles. The minimum Gasteiger partial charge on any atom is -0.334 e. The molecule has 0 aliphatic rings. The van der Waals surface area contributed by atoms with Crippen LogP contribution in [0.4, 0.5) is 0 Å². The smallest absolute Gasteiger partial charge is 0.0948 e. The molecule has 0 aliphatic heterocycles. The average Bonchev–Trinajstić information content (AvgIpc) is 2.47. The fourth-order valence-electron chi connectivity index (χ4n) is 1.81. The first-order chi connectivity index (χ1) is 6.70. The zero-order valence-electron chi connectivity index (χ0n) is 10.5. The summed E-state index contributed by atoms with van der Waals surface area (Å²) in [5.74, 6) is 0. The third-order valence-electron chi connectivity index (χ3n) is 2.60. The molecule has 0 saturated heterocycles. The Balaban J connectivity index is 2.90. The zero-order chi connectivity index (χ0) is 11.7. The number of imidazole rings is 1. The fraction of sp³-hybridized carbons (Fsp3) is 0.750. The van der Waals surface area contributed by atoms with Crippen LogP contribution in [0.3, 0.4) is 0 Å². The lowest BCUT2D eigenvalue weighted by Gasteiger charge is -2.36. The van der Waals surface area contributed by atoms with Gasteiger partial charge >= 0.3 is 0 Å². The van der Waals surface area contributed by atoms with Gasteiger partial charge in [-0.15, -0.1) is 0 Å². The van der Waals surface area contributed by atoms with Crippen LogP contribution in [0.25, 0.3) is 0 Å². The van der Waals surface area contributed by atoms with Crippen molar-refractivity contribution in [1.29, 1.82) is 0 Å². The van der Waals surface area contributed by atoms with Crippen molar-refractivity contribution in [1.82, 2.24) is 9.55 Å². The Bertz CT molecular complexity index is 288. The number of hydrogen-bond donors (Lipinski definition) is 1. The van der Waals surface area contributed by atoms with Gasteiger partial charge in [-0.2, -0.15) is 0 Å². The number of hydrogen-bond acceptors (Lipinski definition) is 2. The number of rotatable bonds is 3. The lowest BCUT2D eigenvalue weighted by molar-refractivity contribution is 0.195. The molecular formula is C12H23N3. The first-order valence-corrected chi connectivity index (χ1v) is 5.46. The molecule has 1 atom stereocenters. The number of aromatic nitrogens is 2. The van der Waals surface area contributed by atoms with E-state index in [0.29, 0.717) is 6.04 Å². The molecule has 0 fully saturated rings. The van der Waals surface area contributed by atoms with Crippen LogP contribution in [0.1, 0.15) is 47.1 Å². The van der Waals surface area contributed by atoms with Crippen molar-refractivity contribution in [3.05, 3.63) is 18.7 Å². The van der Waals surface area contributed by atoms with Crippen LogP contribution in [-0.4, -0.2) is 15.1 Å². The molecule has 15 heavy (non-hydrogen) atoms. The second kappa shape index (κ2) is 3.97.